The number of aryl methyl sites for hydroxylation is 3. The van der Waals surface area contributed by atoms with Crippen LogP contribution in [-0.4, -0.2) is 34.9 Å². The van der Waals surface area contributed by atoms with Crippen LogP contribution in [0.3, 0.4) is 0 Å². The van der Waals surface area contributed by atoms with Crippen molar-refractivity contribution in [1.82, 2.24) is 34.9 Å². The predicted octanol–water partition coefficient (Wildman–Crippen LogP) is 2.92. The molecule has 0 fully saturated rings. The molecule has 120 valence electrons. The molecule has 24 heavy (non-hydrogen) atoms. The van der Waals surface area contributed by atoms with Crippen molar-refractivity contribution in [3.8, 4) is 22.5 Å². The van der Waals surface area contributed by atoms with E-state index in [1.54, 1.807) is 12.4 Å². The second-order valence-corrected chi connectivity index (χ2v) is 5.73. The van der Waals surface area contributed by atoms with E-state index in [-0.39, 0.29) is 0 Å². The molecule has 4 heterocycles. The fourth-order valence-electron chi connectivity index (χ4n) is 2.73. The molecule has 1 N–H and O–H groups in total. The molecule has 0 amide bonds. The number of hydrogen-bond acceptors (Lipinski definition) is 5. The molecule has 0 aromatic carbocycles. The Morgan fingerprint density at radius 2 is 1.96 bits per heavy atom. The molecule has 0 bridgehead atoms. The SMILES string of the molecule is CCn1cc(-c2cc(-c3cnc(C)cn3)c3c(C)[nH]nc3n2)cn1. The van der Waals surface area contributed by atoms with E-state index >= 15 is 0 Å². The molecule has 0 aliphatic rings. The summed E-state index contributed by atoms with van der Waals surface area (Å²) in [6.07, 6.45) is 7.36. The van der Waals surface area contributed by atoms with Crippen LogP contribution < -0.4 is 0 Å². The summed E-state index contributed by atoms with van der Waals surface area (Å²) in [5.74, 6) is 0. The van der Waals surface area contributed by atoms with Crippen molar-refractivity contribution in [2.24, 2.45) is 0 Å². The third-order valence-corrected chi connectivity index (χ3v) is 4.01. The van der Waals surface area contributed by atoms with Crippen molar-refractivity contribution in [3.05, 3.63) is 42.2 Å². The van der Waals surface area contributed by atoms with Crippen LogP contribution in [-0.2, 0) is 6.54 Å². The lowest BCUT2D eigenvalue weighted by molar-refractivity contribution is 0.660. The van der Waals surface area contributed by atoms with E-state index < -0.39 is 0 Å². The molecule has 0 atom stereocenters. The minimum Gasteiger partial charge on any atom is -0.280 e. The van der Waals surface area contributed by atoms with Gasteiger partial charge in [-0.05, 0) is 26.8 Å². The van der Waals surface area contributed by atoms with Crippen molar-refractivity contribution in [2.45, 2.75) is 27.3 Å². The Labute approximate surface area is 138 Å². The maximum atomic E-state index is 4.67. The van der Waals surface area contributed by atoms with Crippen LogP contribution in [0, 0.1) is 13.8 Å². The summed E-state index contributed by atoms with van der Waals surface area (Å²) >= 11 is 0. The molecule has 4 rings (SSSR count). The van der Waals surface area contributed by atoms with E-state index in [0.29, 0.717) is 5.65 Å². The molecule has 7 heteroatoms. The Balaban J connectivity index is 1.96. The summed E-state index contributed by atoms with van der Waals surface area (Å²) in [6.45, 7) is 6.78. The molecule has 4 aromatic rings. The van der Waals surface area contributed by atoms with Crippen molar-refractivity contribution in [3.63, 3.8) is 0 Å². The predicted molar refractivity (Wildman–Crippen MR) is 91.3 cm³/mol. The normalized spacial score (nSPS) is 11.3. The van der Waals surface area contributed by atoms with Crippen LogP contribution in [0.1, 0.15) is 18.3 Å². The van der Waals surface area contributed by atoms with E-state index in [4.69, 9.17) is 0 Å². The smallest absolute Gasteiger partial charge is 0.182 e. The van der Waals surface area contributed by atoms with Crippen molar-refractivity contribution in [1.29, 1.82) is 0 Å². The minimum atomic E-state index is 0.673. The van der Waals surface area contributed by atoms with Gasteiger partial charge in [0, 0.05) is 35.8 Å². The van der Waals surface area contributed by atoms with Crippen LogP contribution in [0.4, 0.5) is 0 Å². The molecule has 4 aromatic heterocycles. The highest BCUT2D eigenvalue weighted by atomic mass is 15.3. The Bertz CT molecular complexity index is 1010. The number of nitrogens with zero attached hydrogens (tertiary/aromatic N) is 6. The maximum absolute atomic E-state index is 4.67. The topological polar surface area (TPSA) is 85.2 Å². The minimum absolute atomic E-state index is 0.673. The van der Waals surface area contributed by atoms with Gasteiger partial charge < -0.3 is 0 Å². The molecule has 0 aliphatic carbocycles. The van der Waals surface area contributed by atoms with Gasteiger partial charge in [0.2, 0.25) is 0 Å². The van der Waals surface area contributed by atoms with Gasteiger partial charge in [-0.1, -0.05) is 0 Å². The number of pyridine rings is 1. The number of hydrogen-bond donors (Lipinski definition) is 1. The Morgan fingerprint density at radius 3 is 2.67 bits per heavy atom. The second-order valence-electron chi connectivity index (χ2n) is 5.73. The monoisotopic (exact) mass is 319 g/mol. The summed E-state index contributed by atoms with van der Waals surface area (Å²) in [4.78, 5) is 13.6. The van der Waals surface area contributed by atoms with Crippen LogP contribution in [0.25, 0.3) is 33.5 Å². The summed E-state index contributed by atoms with van der Waals surface area (Å²) in [5.41, 5.74) is 6.08. The fraction of sp³-hybridized carbons (Fsp3) is 0.235. The van der Waals surface area contributed by atoms with Gasteiger partial charge in [-0.25, -0.2) is 4.98 Å². The number of aromatic amines is 1. The van der Waals surface area contributed by atoms with Gasteiger partial charge >= 0.3 is 0 Å². The first-order chi connectivity index (χ1) is 11.7. The molecule has 0 radical (unpaired) electrons. The van der Waals surface area contributed by atoms with Gasteiger partial charge in [0.15, 0.2) is 5.65 Å². The second kappa shape index (κ2) is 5.52. The van der Waals surface area contributed by atoms with E-state index in [9.17, 15) is 0 Å². The van der Waals surface area contributed by atoms with Crippen molar-refractivity contribution in [2.75, 3.05) is 0 Å². The average molecular weight is 319 g/mol. The van der Waals surface area contributed by atoms with Crippen LogP contribution in [0.2, 0.25) is 0 Å². The summed E-state index contributed by atoms with van der Waals surface area (Å²) in [5, 5.41) is 12.6. The van der Waals surface area contributed by atoms with Crippen molar-refractivity contribution >= 4 is 11.0 Å². The molecule has 0 saturated heterocycles. The van der Waals surface area contributed by atoms with E-state index in [0.717, 1.165) is 45.8 Å². The lowest BCUT2D eigenvalue weighted by atomic mass is 10.0. The third kappa shape index (κ3) is 2.34. The Hall–Kier alpha value is -3.09. The number of aromatic nitrogens is 7. The zero-order valence-corrected chi connectivity index (χ0v) is 13.8. The van der Waals surface area contributed by atoms with Gasteiger partial charge in [-0.15, -0.1) is 0 Å². The Morgan fingerprint density at radius 1 is 1.08 bits per heavy atom. The first kappa shape index (κ1) is 14.5. The largest absolute Gasteiger partial charge is 0.280 e. The summed E-state index contributed by atoms with van der Waals surface area (Å²) < 4.78 is 1.88. The Kier molecular flexibility index (Phi) is 3.34. The van der Waals surface area contributed by atoms with Gasteiger partial charge in [0.1, 0.15) is 0 Å². The zero-order valence-electron chi connectivity index (χ0n) is 13.8. The molecular weight excluding hydrogens is 302 g/mol. The lowest BCUT2D eigenvalue weighted by Crippen LogP contribution is -1.93. The maximum Gasteiger partial charge on any atom is 0.182 e. The number of nitrogens with one attached hydrogen (secondary N) is 1. The van der Waals surface area contributed by atoms with Gasteiger partial charge in [-0.3, -0.25) is 19.7 Å². The van der Waals surface area contributed by atoms with Crippen LogP contribution >= 0.6 is 0 Å². The average Bonchev–Trinajstić information content (AvgIpc) is 3.22. The molecule has 0 aliphatic heterocycles. The molecule has 7 nitrogen and oxygen atoms in total. The number of fused-ring (bicyclic) bond motifs is 1. The first-order valence-corrected chi connectivity index (χ1v) is 7.83. The van der Waals surface area contributed by atoms with Gasteiger partial charge in [0.25, 0.3) is 0 Å². The molecule has 0 saturated carbocycles. The van der Waals surface area contributed by atoms with Gasteiger partial charge in [-0.2, -0.15) is 10.2 Å². The summed E-state index contributed by atoms with van der Waals surface area (Å²) in [6, 6.07) is 2.03. The molecular formula is C17H17N7. The highest BCUT2D eigenvalue weighted by molar-refractivity contribution is 5.95. The lowest BCUT2D eigenvalue weighted by Gasteiger charge is -2.06. The van der Waals surface area contributed by atoms with E-state index in [1.807, 2.05) is 37.0 Å². The zero-order chi connectivity index (χ0) is 16.7. The van der Waals surface area contributed by atoms with Gasteiger partial charge in [0.05, 0.1) is 34.9 Å². The van der Waals surface area contributed by atoms with E-state index in [2.05, 4.69) is 37.2 Å². The molecule has 0 spiro atoms. The number of H-pyrrole nitrogens is 1. The fourth-order valence-corrected chi connectivity index (χ4v) is 2.73. The molecule has 0 unspecified atom stereocenters. The van der Waals surface area contributed by atoms with Crippen LogP contribution in [0.5, 0.6) is 0 Å². The van der Waals surface area contributed by atoms with Crippen molar-refractivity contribution < 1.29 is 0 Å². The highest BCUT2D eigenvalue weighted by Gasteiger charge is 2.15. The highest BCUT2D eigenvalue weighted by Crippen LogP contribution is 2.31. The summed E-state index contributed by atoms with van der Waals surface area (Å²) in [7, 11) is 0. The van der Waals surface area contributed by atoms with E-state index in [1.165, 1.54) is 0 Å². The third-order valence-electron chi connectivity index (χ3n) is 4.01. The van der Waals surface area contributed by atoms with Crippen LogP contribution in [0.15, 0.2) is 30.9 Å². The quantitative estimate of drug-likeness (QED) is 0.627. The number of rotatable bonds is 3. The standard InChI is InChI=1S/C17H17N7/c1-4-24-9-12(7-20-24)14-5-13(15-8-18-10(2)6-19-15)16-11(3)22-23-17(16)21-14/h5-9H,4H2,1-3H3,(H,21,22,23). The first-order valence-electron chi connectivity index (χ1n) is 7.83.